The predicted molar refractivity (Wildman–Crippen MR) is 44.9 cm³/mol. The summed E-state index contributed by atoms with van der Waals surface area (Å²) in [7, 11) is 0. The molecule has 1 N–H and O–H groups in total. The molecule has 1 aromatic rings. The normalized spacial score (nSPS) is 17.9. The first-order valence-electron chi connectivity index (χ1n) is 3.68. The van der Waals surface area contributed by atoms with E-state index in [-0.39, 0.29) is 0 Å². The summed E-state index contributed by atoms with van der Waals surface area (Å²) in [6, 6.07) is 3.96. The van der Waals surface area contributed by atoms with Crippen LogP contribution in [-0.2, 0) is 0 Å². The summed E-state index contributed by atoms with van der Waals surface area (Å²) in [6.07, 6.45) is 1.76. The van der Waals surface area contributed by atoms with Crippen LogP contribution < -0.4 is 5.32 Å². The quantitative estimate of drug-likeness (QED) is 0.642. The van der Waals surface area contributed by atoms with Gasteiger partial charge < -0.3 is 5.32 Å². The highest BCUT2D eigenvalue weighted by Crippen LogP contribution is 2.20. The molecule has 0 unspecified atom stereocenters. The maximum Gasteiger partial charge on any atom is 0.129 e. The van der Waals surface area contributed by atoms with Crippen LogP contribution in [0.3, 0.4) is 0 Å². The summed E-state index contributed by atoms with van der Waals surface area (Å²) in [6.45, 7) is 2.14. The number of nitrogens with zero attached hydrogens (tertiary/aromatic N) is 1. The summed E-state index contributed by atoms with van der Waals surface area (Å²) >= 11 is 5.74. The molecule has 1 aliphatic rings. The summed E-state index contributed by atoms with van der Waals surface area (Å²) in [5.41, 5.74) is 1.30. The second-order valence-corrected chi connectivity index (χ2v) is 3.15. The SMILES string of the molecule is Clc1cc(C2CNC2)ccn1. The Labute approximate surface area is 70.6 Å². The van der Waals surface area contributed by atoms with Gasteiger partial charge in [-0.2, -0.15) is 0 Å². The molecule has 0 amide bonds. The Hall–Kier alpha value is -0.600. The van der Waals surface area contributed by atoms with E-state index in [9.17, 15) is 0 Å². The minimum Gasteiger partial charge on any atom is -0.315 e. The highest BCUT2D eigenvalue weighted by Gasteiger charge is 2.18. The number of aromatic nitrogens is 1. The van der Waals surface area contributed by atoms with Gasteiger partial charge in [0.15, 0.2) is 0 Å². The van der Waals surface area contributed by atoms with Crippen LogP contribution in [0.1, 0.15) is 11.5 Å². The van der Waals surface area contributed by atoms with Gasteiger partial charge in [-0.25, -0.2) is 4.98 Å². The first-order valence-corrected chi connectivity index (χ1v) is 4.06. The van der Waals surface area contributed by atoms with Crippen molar-refractivity contribution in [1.82, 2.24) is 10.3 Å². The minimum absolute atomic E-state index is 0.592. The molecule has 0 atom stereocenters. The lowest BCUT2D eigenvalue weighted by atomic mass is 9.95. The first kappa shape index (κ1) is 7.07. The maximum absolute atomic E-state index is 5.74. The molecule has 3 heteroatoms. The van der Waals surface area contributed by atoms with E-state index in [2.05, 4.69) is 10.3 Å². The van der Waals surface area contributed by atoms with E-state index >= 15 is 0 Å². The van der Waals surface area contributed by atoms with E-state index in [4.69, 9.17) is 11.6 Å². The van der Waals surface area contributed by atoms with Gasteiger partial charge in [0.2, 0.25) is 0 Å². The van der Waals surface area contributed by atoms with Gasteiger partial charge in [0.1, 0.15) is 5.15 Å². The van der Waals surface area contributed by atoms with Crippen molar-refractivity contribution in [2.45, 2.75) is 5.92 Å². The highest BCUT2D eigenvalue weighted by atomic mass is 35.5. The molecule has 0 aromatic carbocycles. The van der Waals surface area contributed by atoms with Crippen molar-refractivity contribution in [2.24, 2.45) is 0 Å². The molecule has 58 valence electrons. The fourth-order valence-corrected chi connectivity index (χ4v) is 1.38. The lowest BCUT2D eigenvalue weighted by Crippen LogP contribution is -2.39. The Bertz CT molecular complexity index is 258. The molecule has 2 heterocycles. The fraction of sp³-hybridized carbons (Fsp3) is 0.375. The number of nitrogens with one attached hydrogen (secondary N) is 1. The van der Waals surface area contributed by atoms with Gasteiger partial charge in [0.25, 0.3) is 0 Å². The molecular weight excluding hydrogens is 160 g/mol. The Kier molecular flexibility index (Phi) is 1.80. The number of hydrogen-bond donors (Lipinski definition) is 1. The maximum atomic E-state index is 5.74. The van der Waals surface area contributed by atoms with Crippen LogP contribution in [0, 0.1) is 0 Å². The van der Waals surface area contributed by atoms with Gasteiger partial charge >= 0.3 is 0 Å². The van der Waals surface area contributed by atoms with Crippen LogP contribution >= 0.6 is 11.6 Å². The molecule has 0 saturated carbocycles. The van der Waals surface area contributed by atoms with E-state index in [1.807, 2.05) is 12.1 Å². The van der Waals surface area contributed by atoms with Crippen LogP contribution in [-0.4, -0.2) is 18.1 Å². The third-order valence-electron chi connectivity index (χ3n) is 2.00. The summed E-state index contributed by atoms with van der Waals surface area (Å²) in [5.74, 6) is 0.649. The van der Waals surface area contributed by atoms with E-state index in [0.717, 1.165) is 13.1 Å². The molecule has 11 heavy (non-hydrogen) atoms. The van der Waals surface area contributed by atoms with Gasteiger partial charge in [0.05, 0.1) is 0 Å². The molecule has 1 aliphatic heterocycles. The second-order valence-electron chi connectivity index (χ2n) is 2.77. The number of pyridine rings is 1. The number of halogens is 1. The second kappa shape index (κ2) is 2.80. The molecule has 2 nitrogen and oxygen atoms in total. The standard InChI is InChI=1S/C8H9ClN2/c9-8-3-6(1-2-11-8)7-4-10-5-7/h1-3,7,10H,4-5H2. The van der Waals surface area contributed by atoms with Crippen LogP contribution in [0.4, 0.5) is 0 Å². The molecule has 0 spiro atoms. The van der Waals surface area contributed by atoms with Crippen molar-refractivity contribution in [3.8, 4) is 0 Å². The number of hydrogen-bond acceptors (Lipinski definition) is 2. The van der Waals surface area contributed by atoms with Gasteiger partial charge in [-0.15, -0.1) is 0 Å². The summed E-state index contributed by atoms with van der Waals surface area (Å²) in [5, 5.41) is 3.81. The Balaban J connectivity index is 2.23. The lowest BCUT2D eigenvalue weighted by molar-refractivity contribution is 0.448. The van der Waals surface area contributed by atoms with Crippen molar-refractivity contribution in [3.63, 3.8) is 0 Å². The van der Waals surface area contributed by atoms with Crippen LogP contribution in [0.5, 0.6) is 0 Å². The lowest BCUT2D eigenvalue weighted by Gasteiger charge is -2.27. The molecule has 1 aromatic heterocycles. The molecule has 2 rings (SSSR count). The largest absolute Gasteiger partial charge is 0.315 e. The van der Waals surface area contributed by atoms with E-state index in [1.54, 1.807) is 6.20 Å². The van der Waals surface area contributed by atoms with Gasteiger partial charge in [-0.3, -0.25) is 0 Å². The third-order valence-corrected chi connectivity index (χ3v) is 2.21. The minimum atomic E-state index is 0.592. The fourth-order valence-electron chi connectivity index (χ4n) is 1.20. The zero-order valence-corrected chi connectivity index (χ0v) is 6.80. The Morgan fingerprint density at radius 3 is 2.91 bits per heavy atom. The van der Waals surface area contributed by atoms with Gasteiger partial charge in [-0.05, 0) is 17.7 Å². The molecule has 1 saturated heterocycles. The summed E-state index contributed by atoms with van der Waals surface area (Å²) < 4.78 is 0. The summed E-state index contributed by atoms with van der Waals surface area (Å²) in [4.78, 5) is 3.93. The molecular formula is C8H9ClN2. The molecule has 0 bridgehead atoms. The zero-order chi connectivity index (χ0) is 7.68. The van der Waals surface area contributed by atoms with Crippen molar-refractivity contribution in [3.05, 3.63) is 29.0 Å². The van der Waals surface area contributed by atoms with E-state index < -0.39 is 0 Å². The van der Waals surface area contributed by atoms with Crippen molar-refractivity contribution in [2.75, 3.05) is 13.1 Å². The zero-order valence-electron chi connectivity index (χ0n) is 6.05. The molecule has 1 fully saturated rings. The average Bonchev–Trinajstić information content (AvgIpc) is 1.83. The van der Waals surface area contributed by atoms with E-state index in [0.29, 0.717) is 11.1 Å². The van der Waals surface area contributed by atoms with Crippen molar-refractivity contribution in [1.29, 1.82) is 0 Å². The smallest absolute Gasteiger partial charge is 0.129 e. The van der Waals surface area contributed by atoms with Gasteiger partial charge in [-0.1, -0.05) is 11.6 Å². The third kappa shape index (κ3) is 1.37. The van der Waals surface area contributed by atoms with Crippen molar-refractivity contribution >= 4 is 11.6 Å². The Morgan fingerprint density at radius 1 is 1.55 bits per heavy atom. The molecule has 0 aliphatic carbocycles. The first-order chi connectivity index (χ1) is 5.36. The predicted octanol–water partition coefficient (Wildman–Crippen LogP) is 1.42. The van der Waals surface area contributed by atoms with E-state index in [1.165, 1.54) is 5.56 Å². The Morgan fingerprint density at radius 2 is 2.36 bits per heavy atom. The topological polar surface area (TPSA) is 24.9 Å². The van der Waals surface area contributed by atoms with Crippen molar-refractivity contribution < 1.29 is 0 Å². The number of rotatable bonds is 1. The van der Waals surface area contributed by atoms with Crippen LogP contribution in [0.15, 0.2) is 18.3 Å². The average molecular weight is 169 g/mol. The molecule has 0 radical (unpaired) electrons. The van der Waals surface area contributed by atoms with Crippen LogP contribution in [0.25, 0.3) is 0 Å². The monoisotopic (exact) mass is 168 g/mol. The van der Waals surface area contributed by atoms with Gasteiger partial charge in [0, 0.05) is 25.2 Å². The van der Waals surface area contributed by atoms with Crippen LogP contribution in [0.2, 0.25) is 5.15 Å². The highest BCUT2D eigenvalue weighted by molar-refractivity contribution is 6.29.